The fraction of sp³-hybridized carbons (Fsp3) is 0.211. The lowest BCUT2D eigenvalue weighted by molar-refractivity contribution is -0.116. The van der Waals surface area contributed by atoms with Gasteiger partial charge in [-0.15, -0.1) is 0 Å². The van der Waals surface area contributed by atoms with E-state index in [1.807, 2.05) is 0 Å². The van der Waals surface area contributed by atoms with E-state index in [2.05, 4.69) is 14.8 Å². The van der Waals surface area contributed by atoms with Gasteiger partial charge >= 0.3 is 11.9 Å². The van der Waals surface area contributed by atoms with E-state index in [9.17, 15) is 22.8 Å². The van der Waals surface area contributed by atoms with Gasteiger partial charge in [-0.3, -0.25) is 4.79 Å². The number of anilines is 1. The molecule has 0 atom stereocenters. The van der Waals surface area contributed by atoms with Crippen molar-refractivity contribution in [1.29, 1.82) is 0 Å². The number of likely N-dealkylation sites (N-methyl/N-ethyl adjacent to an activating group) is 1. The number of methoxy groups -OCH3 is 2. The van der Waals surface area contributed by atoms with Crippen LogP contribution in [0.1, 0.15) is 20.7 Å². The van der Waals surface area contributed by atoms with Gasteiger partial charge < -0.3 is 14.8 Å². The minimum atomic E-state index is -4.36. The molecule has 0 unspecified atom stereocenters. The van der Waals surface area contributed by atoms with Gasteiger partial charge in [0.05, 0.1) is 47.5 Å². The highest BCUT2D eigenvalue weighted by atomic mass is 35.5. The number of rotatable bonds is 7. The third-order valence-electron chi connectivity index (χ3n) is 4.01. The molecule has 0 fully saturated rings. The molecule has 0 aliphatic heterocycles. The second-order valence-electron chi connectivity index (χ2n) is 5.98. The summed E-state index contributed by atoms with van der Waals surface area (Å²) in [5.74, 6) is -2.36. The van der Waals surface area contributed by atoms with Gasteiger partial charge in [-0.2, -0.15) is 4.31 Å². The Balaban J connectivity index is 2.36. The number of sulfonamides is 1. The van der Waals surface area contributed by atoms with Gasteiger partial charge in [-0.25, -0.2) is 18.0 Å². The minimum Gasteiger partial charge on any atom is -0.465 e. The first-order valence-corrected chi connectivity index (χ1v) is 10.2. The molecule has 1 N–H and O–H groups in total. The van der Waals surface area contributed by atoms with E-state index in [1.54, 1.807) is 24.3 Å². The highest BCUT2D eigenvalue weighted by molar-refractivity contribution is 7.89. The van der Waals surface area contributed by atoms with Crippen molar-refractivity contribution in [3.8, 4) is 0 Å². The first-order chi connectivity index (χ1) is 14.1. The molecular weight excluding hydrogens is 436 g/mol. The molecule has 160 valence electrons. The molecule has 1 amide bonds. The summed E-state index contributed by atoms with van der Waals surface area (Å²) in [6.07, 6.45) is 0. The Hall–Kier alpha value is -2.95. The van der Waals surface area contributed by atoms with E-state index in [-0.39, 0.29) is 16.1 Å². The number of nitrogens with one attached hydrogen (secondary N) is 1. The fourth-order valence-corrected chi connectivity index (χ4v) is 3.98. The quantitative estimate of drug-likeness (QED) is 0.636. The van der Waals surface area contributed by atoms with E-state index in [1.165, 1.54) is 6.07 Å². The number of benzene rings is 2. The number of carbonyl (C=O) groups excluding carboxylic acids is 3. The average molecular weight is 455 g/mol. The van der Waals surface area contributed by atoms with Gasteiger partial charge in [-0.05, 0) is 30.3 Å². The summed E-state index contributed by atoms with van der Waals surface area (Å²) in [4.78, 5) is 35.7. The van der Waals surface area contributed by atoms with Crippen molar-refractivity contribution in [3.63, 3.8) is 0 Å². The number of hydrogen-bond acceptors (Lipinski definition) is 7. The van der Waals surface area contributed by atoms with Crippen molar-refractivity contribution >= 4 is 45.2 Å². The number of esters is 2. The lowest BCUT2D eigenvalue weighted by Crippen LogP contribution is -2.35. The molecule has 30 heavy (non-hydrogen) atoms. The second kappa shape index (κ2) is 9.70. The predicted octanol–water partition coefficient (Wildman–Crippen LogP) is 2.17. The maximum Gasteiger partial charge on any atom is 0.339 e. The SMILES string of the molecule is COC(=O)c1ccc(C(=O)OC)c(S(=O)(=O)N(C)CC(=O)Nc2ccccc2Cl)c1. The summed E-state index contributed by atoms with van der Waals surface area (Å²) < 4.78 is 36.1. The van der Waals surface area contributed by atoms with E-state index in [4.69, 9.17) is 11.6 Å². The van der Waals surface area contributed by atoms with Gasteiger partial charge in [-0.1, -0.05) is 23.7 Å². The van der Waals surface area contributed by atoms with E-state index < -0.39 is 39.3 Å². The molecule has 0 spiro atoms. The van der Waals surface area contributed by atoms with Crippen LogP contribution in [0, 0.1) is 0 Å². The van der Waals surface area contributed by atoms with Crippen LogP contribution in [0.25, 0.3) is 0 Å². The fourth-order valence-electron chi connectivity index (χ4n) is 2.47. The number of hydrogen-bond donors (Lipinski definition) is 1. The highest BCUT2D eigenvalue weighted by Crippen LogP contribution is 2.24. The molecule has 0 bridgehead atoms. The largest absolute Gasteiger partial charge is 0.465 e. The Kier molecular flexibility index (Phi) is 7.54. The van der Waals surface area contributed by atoms with Crippen LogP contribution >= 0.6 is 11.6 Å². The Morgan fingerprint density at radius 3 is 2.27 bits per heavy atom. The van der Waals surface area contributed by atoms with Gasteiger partial charge in [0.25, 0.3) is 0 Å². The van der Waals surface area contributed by atoms with Crippen LogP contribution in [0.4, 0.5) is 5.69 Å². The molecule has 0 aliphatic carbocycles. The Bertz CT molecular complexity index is 1090. The third-order valence-corrected chi connectivity index (χ3v) is 6.18. The molecule has 2 rings (SSSR count). The highest BCUT2D eigenvalue weighted by Gasteiger charge is 2.30. The summed E-state index contributed by atoms with van der Waals surface area (Å²) in [5.41, 5.74) is -0.0564. The number of para-hydroxylation sites is 1. The topological polar surface area (TPSA) is 119 Å². The molecule has 2 aromatic rings. The molecule has 0 saturated carbocycles. The van der Waals surface area contributed by atoms with Crippen molar-refractivity contribution in [3.05, 3.63) is 58.6 Å². The maximum atomic E-state index is 13.1. The Morgan fingerprint density at radius 1 is 1.03 bits per heavy atom. The zero-order valence-electron chi connectivity index (χ0n) is 16.3. The Labute approximate surface area is 178 Å². The van der Waals surface area contributed by atoms with Crippen LogP contribution in [0.3, 0.4) is 0 Å². The monoisotopic (exact) mass is 454 g/mol. The summed E-state index contributed by atoms with van der Waals surface area (Å²) in [6.45, 7) is -0.573. The van der Waals surface area contributed by atoms with Crippen LogP contribution in [0.5, 0.6) is 0 Å². The predicted molar refractivity (Wildman–Crippen MR) is 109 cm³/mol. The van der Waals surface area contributed by atoms with Gasteiger partial charge in [0.1, 0.15) is 0 Å². The van der Waals surface area contributed by atoms with Crippen molar-refractivity contribution < 1.29 is 32.3 Å². The first-order valence-electron chi connectivity index (χ1n) is 8.43. The normalized spacial score (nSPS) is 11.1. The van der Waals surface area contributed by atoms with E-state index in [0.29, 0.717) is 5.69 Å². The van der Waals surface area contributed by atoms with Crippen molar-refractivity contribution in [2.75, 3.05) is 33.1 Å². The first kappa shape index (κ1) is 23.3. The molecular formula is C19H19ClN2O7S. The van der Waals surface area contributed by atoms with E-state index >= 15 is 0 Å². The van der Waals surface area contributed by atoms with Gasteiger partial charge in [0, 0.05) is 7.05 Å². The molecule has 0 aromatic heterocycles. The van der Waals surface area contributed by atoms with Crippen molar-refractivity contribution in [2.45, 2.75) is 4.90 Å². The zero-order chi connectivity index (χ0) is 22.5. The van der Waals surface area contributed by atoms with Gasteiger partial charge in [0.15, 0.2) is 0 Å². The molecule has 0 aliphatic rings. The van der Waals surface area contributed by atoms with Crippen molar-refractivity contribution in [1.82, 2.24) is 4.31 Å². The smallest absolute Gasteiger partial charge is 0.339 e. The molecule has 0 radical (unpaired) electrons. The number of carbonyl (C=O) groups is 3. The number of amides is 1. The van der Waals surface area contributed by atoms with Crippen LogP contribution < -0.4 is 5.32 Å². The molecule has 11 heteroatoms. The summed E-state index contributed by atoms with van der Waals surface area (Å²) >= 11 is 5.98. The van der Waals surface area contributed by atoms with Crippen LogP contribution in [-0.2, 0) is 24.3 Å². The summed E-state index contributed by atoms with van der Waals surface area (Å²) in [5, 5.41) is 2.80. The minimum absolute atomic E-state index is 0.0855. The molecule has 2 aromatic carbocycles. The standard InChI is InChI=1S/C19H19ClN2O7S/c1-22(11-17(23)21-15-7-5-4-6-14(15)20)30(26,27)16-10-12(18(24)28-2)8-9-13(16)19(25)29-3/h4-10H,11H2,1-3H3,(H,21,23). The number of halogens is 1. The second-order valence-corrected chi connectivity index (χ2v) is 8.40. The third kappa shape index (κ3) is 5.15. The number of ether oxygens (including phenoxy) is 2. The summed E-state index contributed by atoms with van der Waals surface area (Å²) in [6, 6.07) is 9.84. The maximum absolute atomic E-state index is 13.1. The number of nitrogens with zero attached hydrogens (tertiary/aromatic N) is 1. The van der Waals surface area contributed by atoms with Crippen molar-refractivity contribution in [2.24, 2.45) is 0 Å². The lowest BCUT2D eigenvalue weighted by atomic mass is 10.1. The van der Waals surface area contributed by atoms with Gasteiger partial charge in [0.2, 0.25) is 15.9 Å². The molecule has 0 heterocycles. The van der Waals surface area contributed by atoms with E-state index in [0.717, 1.165) is 37.7 Å². The molecule has 0 saturated heterocycles. The van der Waals surface area contributed by atoms with Crippen LogP contribution in [0.2, 0.25) is 5.02 Å². The molecule has 9 nitrogen and oxygen atoms in total. The average Bonchev–Trinajstić information content (AvgIpc) is 2.73. The van der Waals surface area contributed by atoms with Crippen LogP contribution in [-0.4, -0.2) is 58.4 Å². The van der Waals surface area contributed by atoms with Crippen LogP contribution in [0.15, 0.2) is 47.4 Å². The summed E-state index contributed by atoms with van der Waals surface area (Å²) in [7, 11) is -0.970. The Morgan fingerprint density at radius 2 is 1.67 bits per heavy atom. The zero-order valence-corrected chi connectivity index (χ0v) is 17.9. The lowest BCUT2D eigenvalue weighted by Gasteiger charge is -2.19.